The van der Waals surface area contributed by atoms with Crippen molar-refractivity contribution in [2.75, 3.05) is 27.4 Å². The molecular weight excluding hydrogens is 266 g/mol. The first kappa shape index (κ1) is 17.5. The van der Waals surface area contributed by atoms with Gasteiger partial charge in [-0.25, -0.2) is 0 Å². The SMILES string of the molecule is COCCC[C@@H](Cl)OBO[C@H](Cl)CCCOC. The van der Waals surface area contributed by atoms with E-state index in [-0.39, 0.29) is 18.8 Å². The fourth-order valence-electron chi connectivity index (χ4n) is 1.13. The van der Waals surface area contributed by atoms with Crippen LogP contribution in [0.15, 0.2) is 0 Å². The molecular formula is C10H21BCl2O4. The fraction of sp³-hybridized carbons (Fsp3) is 1.00. The van der Waals surface area contributed by atoms with E-state index >= 15 is 0 Å². The lowest BCUT2D eigenvalue weighted by Gasteiger charge is -2.13. The molecule has 0 aromatic rings. The summed E-state index contributed by atoms with van der Waals surface area (Å²) in [6.45, 7) is 1.37. The highest BCUT2D eigenvalue weighted by molar-refractivity contribution is 6.27. The van der Waals surface area contributed by atoms with Gasteiger partial charge < -0.3 is 18.8 Å². The molecule has 17 heavy (non-hydrogen) atoms. The van der Waals surface area contributed by atoms with Crippen molar-refractivity contribution < 1.29 is 18.8 Å². The predicted molar refractivity (Wildman–Crippen MR) is 70.8 cm³/mol. The summed E-state index contributed by atoms with van der Waals surface area (Å²) >= 11 is 11.8. The molecule has 0 N–H and O–H groups in total. The molecule has 0 aliphatic carbocycles. The average molecular weight is 287 g/mol. The summed E-state index contributed by atoms with van der Waals surface area (Å²) in [6, 6.07) is 0. The molecule has 0 bridgehead atoms. The molecule has 0 aromatic heterocycles. The van der Waals surface area contributed by atoms with Gasteiger partial charge in [-0.2, -0.15) is 0 Å². The number of halogens is 2. The molecule has 0 aliphatic heterocycles. The summed E-state index contributed by atoms with van der Waals surface area (Å²) < 4.78 is 20.3. The zero-order chi connectivity index (χ0) is 12.9. The van der Waals surface area contributed by atoms with E-state index in [2.05, 4.69) is 0 Å². The summed E-state index contributed by atoms with van der Waals surface area (Å²) in [7, 11) is 3.43. The third-order valence-corrected chi connectivity index (χ3v) is 2.75. The van der Waals surface area contributed by atoms with E-state index < -0.39 is 0 Å². The van der Waals surface area contributed by atoms with Gasteiger partial charge in [-0.05, 0) is 25.7 Å². The van der Waals surface area contributed by atoms with Crippen LogP contribution in [0.5, 0.6) is 0 Å². The standard InChI is InChI=1S/C10H21BCl2O4/c1-14-7-3-5-9(12)16-11-17-10(13)6-4-8-15-2/h9-11H,3-8H2,1-2H3/t9-,10-/m0/s1. The summed E-state index contributed by atoms with van der Waals surface area (Å²) in [5, 5.41) is 0. The topological polar surface area (TPSA) is 36.9 Å². The lowest BCUT2D eigenvalue weighted by atomic mass is 10.3. The van der Waals surface area contributed by atoms with E-state index in [0.29, 0.717) is 13.2 Å². The van der Waals surface area contributed by atoms with Crippen LogP contribution in [-0.4, -0.2) is 46.2 Å². The van der Waals surface area contributed by atoms with E-state index in [4.69, 9.17) is 42.0 Å². The highest BCUT2D eigenvalue weighted by atomic mass is 35.5. The van der Waals surface area contributed by atoms with Crippen LogP contribution in [0.2, 0.25) is 0 Å². The van der Waals surface area contributed by atoms with E-state index in [1.165, 1.54) is 0 Å². The highest BCUT2D eigenvalue weighted by Gasteiger charge is 2.09. The maximum Gasteiger partial charge on any atom is 0.440 e. The highest BCUT2D eigenvalue weighted by Crippen LogP contribution is 2.10. The molecule has 0 fully saturated rings. The molecule has 0 unspecified atom stereocenters. The largest absolute Gasteiger partial charge is 0.440 e. The quantitative estimate of drug-likeness (QED) is 0.313. The van der Waals surface area contributed by atoms with Gasteiger partial charge in [0.25, 0.3) is 0 Å². The van der Waals surface area contributed by atoms with Crippen molar-refractivity contribution in [1.29, 1.82) is 0 Å². The Morgan fingerprint density at radius 3 is 1.65 bits per heavy atom. The van der Waals surface area contributed by atoms with Gasteiger partial charge in [-0.3, -0.25) is 0 Å². The second-order valence-electron chi connectivity index (χ2n) is 3.54. The maximum atomic E-state index is 5.91. The number of ether oxygens (including phenoxy) is 2. The van der Waals surface area contributed by atoms with Crippen molar-refractivity contribution in [2.24, 2.45) is 0 Å². The van der Waals surface area contributed by atoms with Gasteiger partial charge in [0.2, 0.25) is 0 Å². The minimum absolute atomic E-state index is 0.113. The van der Waals surface area contributed by atoms with Gasteiger partial charge in [-0.15, -0.1) is 0 Å². The molecule has 0 saturated heterocycles. The Balaban J connectivity index is 3.29. The van der Waals surface area contributed by atoms with Crippen LogP contribution in [0, 0.1) is 0 Å². The summed E-state index contributed by atoms with van der Waals surface area (Å²) in [5.41, 5.74) is -0.707. The Kier molecular flexibility index (Phi) is 13.3. The smallest absolute Gasteiger partial charge is 0.397 e. The Morgan fingerprint density at radius 2 is 1.29 bits per heavy atom. The maximum absolute atomic E-state index is 5.91. The second kappa shape index (κ2) is 12.9. The van der Waals surface area contributed by atoms with Gasteiger partial charge >= 0.3 is 7.69 Å². The zero-order valence-corrected chi connectivity index (χ0v) is 12.0. The first-order valence-corrected chi connectivity index (χ1v) is 6.57. The first-order chi connectivity index (χ1) is 8.20. The van der Waals surface area contributed by atoms with Crippen molar-refractivity contribution in [3.8, 4) is 0 Å². The van der Waals surface area contributed by atoms with Gasteiger partial charge in [-0.1, -0.05) is 23.2 Å². The van der Waals surface area contributed by atoms with Crippen LogP contribution in [0.4, 0.5) is 0 Å². The van der Waals surface area contributed by atoms with Gasteiger partial charge in [0.1, 0.15) is 11.1 Å². The van der Waals surface area contributed by atoms with Gasteiger partial charge in [0, 0.05) is 27.4 Å². The van der Waals surface area contributed by atoms with Crippen molar-refractivity contribution in [1.82, 2.24) is 0 Å². The number of hydrogen-bond donors (Lipinski definition) is 0. The Bertz CT molecular complexity index is 149. The lowest BCUT2D eigenvalue weighted by molar-refractivity contribution is 0.148. The molecule has 0 spiro atoms. The molecule has 0 rings (SSSR count). The molecule has 102 valence electrons. The average Bonchev–Trinajstić information content (AvgIpc) is 2.30. The Hall–Kier alpha value is 0.485. The molecule has 0 radical (unpaired) electrons. The van der Waals surface area contributed by atoms with Crippen molar-refractivity contribution in [3.05, 3.63) is 0 Å². The molecule has 0 amide bonds. The minimum Gasteiger partial charge on any atom is -0.397 e. The zero-order valence-electron chi connectivity index (χ0n) is 10.5. The van der Waals surface area contributed by atoms with E-state index in [1.807, 2.05) is 0 Å². The molecule has 2 atom stereocenters. The normalized spacial score (nSPS) is 14.6. The monoisotopic (exact) mass is 286 g/mol. The number of methoxy groups -OCH3 is 2. The van der Waals surface area contributed by atoms with Crippen molar-refractivity contribution in [2.45, 2.75) is 36.8 Å². The molecule has 0 aliphatic rings. The molecule has 0 heterocycles. The summed E-state index contributed by atoms with van der Waals surface area (Å²) in [6.07, 6.45) is 3.19. The third kappa shape index (κ3) is 12.7. The van der Waals surface area contributed by atoms with E-state index in [1.54, 1.807) is 14.2 Å². The van der Waals surface area contributed by atoms with Crippen LogP contribution >= 0.6 is 23.2 Å². The number of rotatable bonds is 12. The predicted octanol–water partition coefficient (Wildman–Crippen LogP) is 2.27. The Labute approximate surface area is 114 Å². The minimum atomic E-state index is -0.354. The van der Waals surface area contributed by atoms with E-state index in [0.717, 1.165) is 25.7 Å². The molecule has 0 aromatic carbocycles. The van der Waals surface area contributed by atoms with E-state index in [9.17, 15) is 0 Å². The lowest BCUT2D eigenvalue weighted by Crippen LogP contribution is -2.17. The van der Waals surface area contributed by atoms with Crippen LogP contribution in [-0.2, 0) is 18.8 Å². The van der Waals surface area contributed by atoms with Crippen LogP contribution < -0.4 is 0 Å². The second-order valence-corrected chi connectivity index (χ2v) is 4.51. The fourth-order valence-corrected chi connectivity index (χ4v) is 1.54. The van der Waals surface area contributed by atoms with Gasteiger partial charge in [0.15, 0.2) is 0 Å². The summed E-state index contributed by atoms with van der Waals surface area (Å²) in [4.78, 5) is 0. The molecule has 7 heteroatoms. The van der Waals surface area contributed by atoms with Crippen LogP contribution in [0.3, 0.4) is 0 Å². The van der Waals surface area contributed by atoms with Crippen molar-refractivity contribution in [3.63, 3.8) is 0 Å². The van der Waals surface area contributed by atoms with Crippen molar-refractivity contribution >= 4 is 30.9 Å². The third-order valence-electron chi connectivity index (χ3n) is 2.06. The summed E-state index contributed by atoms with van der Waals surface area (Å²) in [5.74, 6) is 0. The van der Waals surface area contributed by atoms with Gasteiger partial charge in [0.05, 0.1) is 0 Å². The molecule has 4 nitrogen and oxygen atoms in total. The first-order valence-electron chi connectivity index (χ1n) is 5.70. The Morgan fingerprint density at radius 1 is 0.882 bits per heavy atom. The van der Waals surface area contributed by atoms with Crippen LogP contribution in [0.1, 0.15) is 25.7 Å². The number of alkyl halides is 2. The number of hydrogen-bond acceptors (Lipinski definition) is 4. The van der Waals surface area contributed by atoms with Crippen LogP contribution in [0.25, 0.3) is 0 Å². The molecule has 0 saturated carbocycles.